The largest absolute Gasteiger partial charge is 0.339 e. The molecule has 0 N–H and O–H groups in total. The van der Waals surface area contributed by atoms with Gasteiger partial charge in [0.15, 0.2) is 5.82 Å². The molecule has 1 saturated heterocycles. The Hall–Kier alpha value is -3.92. The van der Waals surface area contributed by atoms with Crippen molar-refractivity contribution in [3.05, 3.63) is 76.4 Å². The summed E-state index contributed by atoms with van der Waals surface area (Å²) in [6.07, 6.45) is 1.90. The highest BCUT2D eigenvalue weighted by Gasteiger charge is 2.28. The summed E-state index contributed by atoms with van der Waals surface area (Å²) in [5.41, 5.74) is 1.34. The number of fused-ring (bicyclic) bond motifs is 3. The number of para-hydroxylation sites is 1. The smallest absolute Gasteiger partial charge is 0.262 e. The summed E-state index contributed by atoms with van der Waals surface area (Å²) >= 11 is 0. The molecule has 1 unspecified atom stereocenters. The van der Waals surface area contributed by atoms with E-state index in [2.05, 4.69) is 25.2 Å². The normalized spacial score (nSPS) is 16.9. The molecule has 0 bridgehead atoms. The first-order valence-electron chi connectivity index (χ1n) is 11.8. The van der Waals surface area contributed by atoms with Gasteiger partial charge in [0, 0.05) is 18.7 Å². The summed E-state index contributed by atoms with van der Waals surface area (Å²) in [7, 11) is 0. The number of halogens is 1. The van der Waals surface area contributed by atoms with Crippen molar-refractivity contribution < 1.29 is 8.91 Å². The lowest BCUT2D eigenvalue weighted by molar-refractivity contribution is 0.176. The summed E-state index contributed by atoms with van der Waals surface area (Å²) in [5.74, 6) is 2.03. The minimum atomic E-state index is -0.334. The standard InChI is InChI=1S/C25H24FN7O2/c1-2-32-24(34)19-10-3-4-11-20(19)33-21(28-29-25(32)33)15-31-12-6-8-17(14-31)23-27-22(30-35-23)16-7-5-9-18(26)13-16/h3-5,7,9-11,13,17H,2,6,8,12,14-15H2,1H3. The van der Waals surface area contributed by atoms with Gasteiger partial charge in [-0.05, 0) is 50.6 Å². The van der Waals surface area contributed by atoms with Crippen molar-refractivity contribution in [2.75, 3.05) is 13.1 Å². The van der Waals surface area contributed by atoms with Gasteiger partial charge in [-0.3, -0.25) is 18.7 Å². The molecule has 1 aliphatic rings. The minimum absolute atomic E-state index is 0.0573. The summed E-state index contributed by atoms with van der Waals surface area (Å²) in [4.78, 5) is 19.8. The maximum Gasteiger partial charge on any atom is 0.262 e. The van der Waals surface area contributed by atoms with Crippen LogP contribution in [0.2, 0.25) is 0 Å². The number of piperidine rings is 1. The van der Waals surface area contributed by atoms with E-state index < -0.39 is 0 Å². The van der Waals surface area contributed by atoms with Gasteiger partial charge in [0.05, 0.1) is 23.4 Å². The van der Waals surface area contributed by atoms with Crippen molar-refractivity contribution in [3.63, 3.8) is 0 Å². The molecule has 0 saturated carbocycles. The number of aromatic nitrogens is 6. The second kappa shape index (κ2) is 8.70. The van der Waals surface area contributed by atoms with Crippen LogP contribution in [-0.4, -0.2) is 47.3 Å². The Morgan fingerprint density at radius 3 is 2.89 bits per heavy atom. The molecule has 35 heavy (non-hydrogen) atoms. The first-order valence-corrected chi connectivity index (χ1v) is 11.8. The first kappa shape index (κ1) is 21.6. The van der Waals surface area contributed by atoms with Crippen LogP contribution in [-0.2, 0) is 13.1 Å². The van der Waals surface area contributed by atoms with Crippen molar-refractivity contribution >= 4 is 16.7 Å². The lowest BCUT2D eigenvalue weighted by Crippen LogP contribution is -2.34. The Labute approximate surface area is 199 Å². The lowest BCUT2D eigenvalue weighted by Gasteiger charge is -2.30. The van der Waals surface area contributed by atoms with E-state index in [0.717, 1.165) is 37.3 Å². The molecule has 1 fully saturated rings. The van der Waals surface area contributed by atoms with E-state index in [1.807, 2.05) is 35.6 Å². The summed E-state index contributed by atoms with van der Waals surface area (Å²) in [6.45, 7) is 4.66. The Bertz CT molecular complexity index is 1590. The zero-order chi connectivity index (χ0) is 23.9. The van der Waals surface area contributed by atoms with Crippen LogP contribution >= 0.6 is 0 Å². The van der Waals surface area contributed by atoms with Gasteiger partial charge in [-0.1, -0.05) is 29.4 Å². The molecule has 3 aromatic heterocycles. The van der Waals surface area contributed by atoms with Crippen LogP contribution in [0.5, 0.6) is 0 Å². The highest BCUT2D eigenvalue weighted by atomic mass is 19.1. The number of benzene rings is 2. The van der Waals surface area contributed by atoms with Crippen LogP contribution in [0.1, 0.15) is 37.4 Å². The summed E-state index contributed by atoms with van der Waals surface area (Å²) in [5, 5.41) is 13.6. The van der Waals surface area contributed by atoms with Gasteiger partial charge in [-0.2, -0.15) is 4.98 Å². The summed E-state index contributed by atoms with van der Waals surface area (Å²) in [6, 6.07) is 13.8. The molecule has 1 aliphatic heterocycles. The van der Waals surface area contributed by atoms with Gasteiger partial charge < -0.3 is 4.52 Å². The monoisotopic (exact) mass is 473 g/mol. The summed E-state index contributed by atoms with van der Waals surface area (Å²) < 4.78 is 22.8. The number of aryl methyl sites for hydroxylation is 1. The zero-order valence-corrected chi connectivity index (χ0v) is 19.3. The lowest BCUT2D eigenvalue weighted by atomic mass is 9.98. The van der Waals surface area contributed by atoms with Crippen LogP contribution in [0.25, 0.3) is 28.1 Å². The van der Waals surface area contributed by atoms with Gasteiger partial charge in [0.1, 0.15) is 5.82 Å². The fourth-order valence-corrected chi connectivity index (χ4v) is 4.95. The molecule has 5 aromatic rings. The number of rotatable bonds is 5. The SMILES string of the molecule is CCn1c(=O)c2ccccc2n2c(CN3CCCC(c4nc(-c5cccc(F)c5)no4)C3)nnc12. The van der Waals surface area contributed by atoms with Gasteiger partial charge in [-0.25, -0.2) is 4.39 Å². The minimum Gasteiger partial charge on any atom is -0.339 e. The highest BCUT2D eigenvalue weighted by Crippen LogP contribution is 2.28. The third-order valence-corrected chi connectivity index (χ3v) is 6.64. The highest BCUT2D eigenvalue weighted by molar-refractivity contribution is 5.80. The van der Waals surface area contributed by atoms with Gasteiger partial charge in [0.2, 0.25) is 17.5 Å². The van der Waals surface area contributed by atoms with Crippen LogP contribution in [0.3, 0.4) is 0 Å². The molecule has 0 amide bonds. The predicted octanol–water partition coefficient (Wildman–Crippen LogP) is 3.63. The van der Waals surface area contributed by atoms with E-state index in [1.54, 1.807) is 16.7 Å². The topological polar surface area (TPSA) is 94.3 Å². The molecule has 4 heterocycles. The quantitative estimate of drug-likeness (QED) is 0.385. The fraction of sp³-hybridized carbons (Fsp3) is 0.320. The van der Waals surface area contributed by atoms with Crippen molar-refractivity contribution in [2.24, 2.45) is 0 Å². The van der Waals surface area contributed by atoms with Crippen LogP contribution in [0.15, 0.2) is 57.8 Å². The second-order valence-corrected chi connectivity index (χ2v) is 8.86. The number of nitrogens with zero attached hydrogens (tertiary/aromatic N) is 7. The number of hydrogen-bond acceptors (Lipinski definition) is 7. The Kier molecular flexibility index (Phi) is 5.37. The first-order chi connectivity index (χ1) is 17.1. The third-order valence-electron chi connectivity index (χ3n) is 6.64. The number of likely N-dealkylation sites (tertiary alicyclic amines) is 1. The van der Waals surface area contributed by atoms with E-state index in [4.69, 9.17) is 4.52 Å². The van der Waals surface area contributed by atoms with Gasteiger partial charge in [0.25, 0.3) is 5.56 Å². The molecule has 0 spiro atoms. The molecule has 9 nitrogen and oxygen atoms in total. The molecule has 178 valence electrons. The molecule has 0 aliphatic carbocycles. The molecule has 1 atom stereocenters. The van der Waals surface area contributed by atoms with E-state index in [1.165, 1.54) is 12.1 Å². The molecule has 10 heteroatoms. The fourth-order valence-electron chi connectivity index (χ4n) is 4.95. The van der Waals surface area contributed by atoms with E-state index >= 15 is 0 Å². The second-order valence-electron chi connectivity index (χ2n) is 8.86. The maximum atomic E-state index is 13.6. The zero-order valence-electron chi connectivity index (χ0n) is 19.3. The predicted molar refractivity (Wildman–Crippen MR) is 127 cm³/mol. The van der Waals surface area contributed by atoms with Crippen LogP contribution < -0.4 is 5.56 Å². The average molecular weight is 474 g/mol. The average Bonchev–Trinajstić information content (AvgIpc) is 3.53. The maximum absolute atomic E-state index is 13.6. The van der Waals surface area contributed by atoms with Crippen LogP contribution in [0, 0.1) is 5.82 Å². The van der Waals surface area contributed by atoms with E-state index in [-0.39, 0.29) is 17.3 Å². The van der Waals surface area contributed by atoms with Gasteiger partial charge in [-0.15, -0.1) is 10.2 Å². The Balaban J connectivity index is 1.29. The van der Waals surface area contributed by atoms with Gasteiger partial charge >= 0.3 is 0 Å². The Morgan fingerprint density at radius 2 is 2.03 bits per heavy atom. The molecular weight excluding hydrogens is 449 g/mol. The van der Waals surface area contributed by atoms with Crippen molar-refractivity contribution in [2.45, 2.75) is 38.8 Å². The molecule has 6 rings (SSSR count). The Morgan fingerprint density at radius 1 is 1.14 bits per heavy atom. The van der Waals surface area contributed by atoms with Crippen molar-refractivity contribution in [1.82, 2.24) is 34.2 Å². The number of hydrogen-bond donors (Lipinski definition) is 0. The molecule has 2 aromatic carbocycles. The third kappa shape index (κ3) is 3.79. The molecular formula is C25H24FN7O2. The van der Waals surface area contributed by atoms with Crippen molar-refractivity contribution in [3.8, 4) is 11.4 Å². The molecule has 0 radical (unpaired) electrons. The van der Waals surface area contributed by atoms with E-state index in [0.29, 0.717) is 41.5 Å². The van der Waals surface area contributed by atoms with Crippen molar-refractivity contribution in [1.29, 1.82) is 0 Å². The van der Waals surface area contributed by atoms with E-state index in [9.17, 15) is 9.18 Å². The van der Waals surface area contributed by atoms with Crippen LogP contribution in [0.4, 0.5) is 4.39 Å².